The number of halogens is 14. The molecule has 2 aromatic carbocycles. The number of rotatable bonds is 11. The Bertz CT molecular complexity index is 1160. The third-order valence-electron chi connectivity index (χ3n) is 4.29. The van der Waals surface area contributed by atoms with E-state index in [-0.39, 0.29) is 17.9 Å². The van der Waals surface area contributed by atoms with Gasteiger partial charge in [-0.2, -0.15) is 43.9 Å². The molecule has 0 aliphatic heterocycles. The summed E-state index contributed by atoms with van der Waals surface area (Å²) >= 11 is 3.13. The molecule has 5 nitrogen and oxygen atoms in total. The zero-order chi connectivity index (χ0) is 30.1. The Kier molecular flexibility index (Phi) is 9.14. The Morgan fingerprint density at radius 1 is 0.744 bits per heavy atom. The highest BCUT2D eigenvalue weighted by atomic mass is 79.9. The summed E-state index contributed by atoms with van der Waals surface area (Å²) in [5.74, 6) is -14.4. The predicted octanol–water partition coefficient (Wildman–Crippen LogP) is 7.53. The van der Waals surface area contributed by atoms with E-state index in [1.54, 1.807) is 0 Å². The molecule has 0 saturated carbocycles. The third kappa shape index (κ3) is 7.65. The number of alkyl halides is 13. The van der Waals surface area contributed by atoms with Gasteiger partial charge >= 0.3 is 36.5 Å². The van der Waals surface area contributed by atoms with Gasteiger partial charge in [0.1, 0.15) is 5.75 Å². The molecule has 0 heterocycles. The highest BCUT2D eigenvalue weighted by molar-refractivity contribution is 9.10. The van der Waals surface area contributed by atoms with Crippen molar-refractivity contribution in [2.24, 2.45) is 0 Å². The third-order valence-corrected chi connectivity index (χ3v) is 4.82. The van der Waals surface area contributed by atoms with Crippen LogP contribution in [0, 0.1) is 0 Å². The van der Waals surface area contributed by atoms with Crippen molar-refractivity contribution in [2.45, 2.75) is 36.5 Å². The molecular weight excluding hydrogens is 645 g/mol. The molecule has 2 rings (SSSR count). The Morgan fingerprint density at radius 3 is 1.82 bits per heavy atom. The van der Waals surface area contributed by atoms with Gasteiger partial charge in [0.25, 0.3) is 5.91 Å². The van der Waals surface area contributed by atoms with E-state index in [0.29, 0.717) is 10.5 Å². The predicted molar refractivity (Wildman–Crippen MR) is 107 cm³/mol. The second-order valence-corrected chi connectivity index (χ2v) is 8.14. The highest BCUT2D eigenvalue weighted by Crippen LogP contribution is 2.54. The summed E-state index contributed by atoms with van der Waals surface area (Å²) < 4.78 is 181. The first-order valence-electron chi connectivity index (χ1n) is 9.66. The Balaban J connectivity index is 2.21. The van der Waals surface area contributed by atoms with Crippen LogP contribution in [0.5, 0.6) is 5.75 Å². The lowest BCUT2D eigenvalue weighted by atomic mass is 10.1. The minimum Gasteiger partial charge on any atom is -0.484 e. The van der Waals surface area contributed by atoms with E-state index in [4.69, 9.17) is 4.74 Å². The number of hydrogen-bond acceptors (Lipinski definition) is 4. The first-order valence-corrected chi connectivity index (χ1v) is 10.4. The van der Waals surface area contributed by atoms with Crippen LogP contribution in [0.4, 0.5) is 62.8 Å². The topological polar surface area (TPSA) is 56.8 Å². The fourth-order valence-corrected chi connectivity index (χ4v) is 2.77. The molecule has 0 aliphatic rings. The molecular formula is C20H11BrF13NO4. The summed E-state index contributed by atoms with van der Waals surface area (Å²) in [6.45, 7) is -0.739. The molecule has 0 aliphatic carbocycles. The van der Waals surface area contributed by atoms with E-state index in [0.717, 1.165) is 6.07 Å². The first-order chi connectivity index (χ1) is 17.5. The van der Waals surface area contributed by atoms with Crippen LogP contribution in [0.15, 0.2) is 53.0 Å². The van der Waals surface area contributed by atoms with Gasteiger partial charge in [0.15, 0.2) is 6.61 Å². The van der Waals surface area contributed by atoms with Crippen molar-refractivity contribution < 1.29 is 76.1 Å². The van der Waals surface area contributed by atoms with E-state index < -0.39 is 60.3 Å². The van der Waals surface area contributed by atoms with Gasteiger partial charge < -0.3 is 10.1 Å². The average molecular weight is 656 g/mol. The number of ether oxygens (including phenoxy) is 3. The van der Waals surface area contributed by atoms with E-state index in [2.05, 4.69) is 15.9 Å². The normalized spacial score (nSPS) is 13.8. The van der Waals surface area contributed by atoms with Crippen molar-refractivity contribution in [3.63, 3.8) is 0 Å². The molecule has 0 radical (unpaired) electrons. The van der Waals surface area contributed by atoms with Gasteiger partial charge in [0, 0.05) is 15.7 Å². The summed E-state index contributed by atoms with van der Waals surface area (Å²) in [5, 5.41) is 1.92. The van der Waals surface area contributed by atoms with Crippen LogP contribution >= 0.6 is 15.9 Å². The lowest BCUT2D eigenvalue weighted by Gasteiger charge is -2.35. The molecule has 218 valence electrons. The monoisotopic (exact) mass is 655 g/mol. The zero-order valence-corrected chi connectivity index (χ0v) is 19.8. The van der Waals surface area contributed by atoms with E-state index >= 15 is 0 Å². The van der Waals surface area contributed by atoms with E-state index in [1.807, 2.05) is 10.1 Å². The molecule has 1 amide bonds. The van der Waals surface area contributed by atoms with Crippen molar-refractivity contribution in [1.29, 1.82) is 0 Å². The number of amides is 1. The maximum atomic E-state index is 14.3. The van der Waals surface area contributed by atoms with Gasteiger partial charge in [0.2, 0.25) is 0 Å². The van der Waals surface area contributed by atoms with Gasteiger partial charge in [-0.25, -0.2) is 9.47 Å². The number of nitrogens with one attached hydrogen (secondary N) is 1. The number of anilines is 1. The Morgan fingerprint density at radius 2 is 1.28 bits per heavy atom. The standard InChI is InChI=1S/C20H11BrF13NO4/c21-11-4-6-13(7-5-11)37-9-14(36)35-12-3-1-2-10(8-12)15(22,23)17(26,27)38-18(28,29)16(24,25)19(30,31)39-20(32,33)34/h1-8H,9H2,(H,35,36). The van der Waals surface area contributed by atoms with Crippen LogP contribution < -0.4 is 10.1 Å². The van der Waals surface area contributed by atoms with Crippen molar-refractivity contribution in [3.8, 4) is 5.75 Å². The van der Waals surface area contributed by atoms with Crippen LogP contribution in [-0.4, -0.2) is 43.1 Å². The molecule has 0 atom stereocenters. The van der Waals surface area contributed by atoms with Crippen LogP contribution in [0.25, 0.3) is 0 Å². The molecule has 0 aromatic heterocycles. The number of benzene rings is 2. The van der Waals surface area contributed by atoms with Gasteiger partial charge in [-0.15, -0.1) is 13.2 Å². The van der Waals surface area contributed by atoms with Gasteiger partial charge in [-0.05, 0) is 36.4 Å². The fourth-order valence-electron chi connectivity index (χ4n) is 2.51. The van der Waals surface area contributed by atoms with Crippen molar-refractivity contribution >= 4 is 27.5 Å². The summed E-state index contributed by atoms with van der Waals surface area (Å²) in [6.07, 6.45) is -28.0. The second-order valence-electron chi connectivity index (χ2n) is 7.22. The molecule has 19 heteroatoms. The van der Waals surface area contributed by atoms with Crippen LogP contribution in [0.3, 0.4) is 0 Å². The quantitative estimate of drug-likeness (QED) is 0.255. The van der Waals surface area contributed by atoms with Crippen molar-refractivity contribution in [2.75, 3.05) is 11.9 Å². The molecule has 0 unspecified atom stereocenters. The largest absolute Gasteiger partial charge is 0.527 e. The summed E-state index contributed by atoms with van der Waals surface area (Å²) in [5.41, 5.74) is -2.63. The Hall–Kier alpha value is -2.80. The molecule has 0 saturated heterocycles. The molecule has 2 aromatic rings. The highest BCUT2D eigenvalue weighted by Gasteiger charge is 2.80. The lowest BCUT2D eigenvalue weighted by Crippen LogP contribution is -2.61. The molecule has 0 bridgehead atoms. The molecule has 0 fully saturated rings. The summed E-state index contributed by atoms with van der Waals surface area (Å²) in [7, 11) is 0. The number of hydrogen-bond donors (Lipinski definition) is 1. The minimum atomic E-state index is -7.53. The number of carbonyl (C=O) groups excluding carboxylic acids is 1. The van der Waals surface area contributed by atoms with Gasteiger partial charge in [-0.3, -0.25) is 4.79 Å². The molecule has 1 N–H and O–H groups in total. The fraction of sp³-hybridized carbons (Fsp3) is 0.350. The van der Waals surface area contributed by atoms with E-state index in [9.17, 15) is 61.9 Å². The van der Waals surface area contributed by atoms with Gasteiger partial charge in [0.05, 0.1) is 0 Å². The summed E-state index contributed by atoms with van der Waals surface area (Å²) in [6, 6.07) is 7.51. The summed E-state index contributed by atoms with van der Waals surface area (Å²) in [4.78, 5) is 12.0. The lowest BCUT2D eigenvalue weighted by molar-refractivity contribution is -0.535. The smallest absolute Gasteiger partial charge is 0.484 e. The average Bonchev–Trinajstić information content (AvgIpc) is 2.76. The Labute approximate surface area is 216 Å². The zero-order valence-electron chi connectivity index (χ0n) is 18.3. The van der Waals surface area contributed by atoms with Crippen LogP contribution in [0.2, 0.25) is 0 Å². The molecule has 0 spiro atoms. The van der Waals surface area contributed by atoms with E-state index in [1.165, 1.54) is 29.0 Å². The second kappa shape index (κ2) is 11.0. The minimum absolute atomic E-state index is 0.0620. The maximum absolute atomic E-state index is 14.3. The van der Waals surface area contributed by atoms with Gasteiger partial charge in [-0.1, -0.05) is 28.1 Å². The van der Waals surface area contributed by atoms with Crippen molar-refractivity contribution in [1.82, 2.24) is 0 Å². The molecule has 39 heavy (non-hydrogen) atoms. The van der Waals surface area contributed by atoms with Crippen LogP contribution in [-0.2, 0) is 20.2 Å². The maximum Gasteiger partial charge on any atom is 0.527 e. The number of carbonyl (C=O) groups is 1. The first kappa shape index (κ1) is 32.4. The van der Waals surface area contributed by atoms with Crippen molar-refractivity contribution in [3.05, 3.63) is 58.6 Å². The SMILES string of the molecule is O=C(COc1ccc(Br)cc1)Nc1cccc(C(F)(F)C(F)(F)OC(F)(F)C(F)(F)C(F)(F)OC(F)(F)F)c1. The van der Waals surface area contributed by atoms with Crippen LogP contribution in [0.1, 0.15) is 5.56 Å².